The third-order valence-electron chi connectivity index (χ3n) is 24.4. The Labute approximate surface area is 664 Å². The second kappa shape index (κ2) is 26.3. The highest BCUT2D eigenvalue weighted by atomic mass is 14.8. The summed E-state index contributed by atoms with van der Waals surface area (Å²) in [5, 5.41) is 6.25. The van der Waals surface area contributed by atoms with Crippen LogP contribution in [0.15, 0.2) is 121 Å². The molecule has 0 amide bonds. The Morgan fingerprint density at radius 1 is 0.259 bits per heavy atom. The van der Waals surface area contributed by atoms with E-state index in [1.807, 2.05) is 0 Å². The van der Waals surface area contributed by atoms with Gasteiger partial charge in [-0.2, -0.15) is 0 Å². The summed E-state index contributed by atoms with van der Waals surface area (Å²) in [5.74, 6) is 0. The summed E-state index contributed by atoms with van der Waals surface area (Å²) >= 11 is 0. The lowest BCUT2D eigenvalue weighted by Gasteiger charge is -2.26. The van der Waals surface area contributed by atoms with Crippen molar-refractivity contribution < 1.29 is 0 Å². The lowest BCUT2D eigenvalue weighted by atomic mass is 9.78. The van der Waals surface area contributed by atoms with Gasteiger partial charge in [0.15, 0.2) is 0 Å². The maximum atomic E-state index is 6.34. The highest BCUT2D eigenvalue weighted by molar-refractivity contribution is 6.39. The number of nitrogens with zero attached hydrogens (tertiary/aromatic N) is 4. The largest absolute Gasteiger partial charge is 0.355 e. The molecule has 8 nitrogen and oxygen atoms in total. The van der Waals surface area contributed by atoms with Crippen molar-refractivity contribution in [1.29, 1.82) is 0 Å². The molecule has 0 radical (unpaired) electrons. The lowest BCUT2D eigenvalue weighted by molar-refractivity contribution is 0.568. The number of aromatic nitrogens is 8. The second-order valence-electron chi connectivity index (χ2n) is 41.4. The Morgan fingerprint density at radius 3 is 0.804 bits per heavy atom. The number of rotatable bonds is 10. The second-order valence-corrected chi connectivity index (χ2v) is 41.4. The monoisotopic (exact) mass is 1480 g/mol. The molecule has 8 aromatic heterocycles. The Balaban J connectivity index is 1.23. The summed E-state index contributed by atoms with van der Waals surface area (Å²) in [7, 11) is 0. The zero-order chi connectivity index (χ0) is 80.0. The van der Waals surface area contributed by atoms with E-state index in [4.69, 9.17) is 19.9 Å². The third kappa shape index (κ3) is 13.5. The summed E-state index contributed by atoms with van der Waals surface area (Å²) in [6.45, 7) is 60.9. The molecule has 0 saturated carbocycles. The van der Waals surface area contributed by atoms with Gasteiger partial charge in [-0.15, -0.1) is 0 Å². The molecular formula is C104H118N8. The Hall–Kier alpha value is -9.92. The van der Waals surface area contributed by atoms with E-state index in [2.05, 4.69) is 346 Å². The number of aromatic amines is 4. The molecule has 0 atom stereocenters. The van der Waals surface area contributed by atoms with Gasteiger partial charge < -0.3 is 19.9 Å². The number of aryl methyl sites for hydroxylation is 2. The van der Waals surface area contributed by atoms with Crippen LogP contribution in [0.3, 0.4) is 0 Å². The normalized spacial score (nSPS) is 13.8. The first-order chi connectivity index (χ1) is 52.4. The van der Waals surface area contributed by atoms with Gasteiger partial charge in [0.25, 0.3) is 0 Å². The van der Waals surface area contributed by atoms with E-state index in [-0.39, 0.29) is 43.3 Å². The summed E-state index contributed by atoms with van der Waals surface area (Å²) in [5.41, 5.74) is 35.4. The summed E-state index contributed by atoms with van der Waals surface area (Å²) < 4.78 is 0. The molecule has 10 heterocycles. The number of benzene rings is 6. The van der Waals surface area contributed by atoms with Crippen molar-refractivity contribution in [3.05, 3.63) is 200 Å². The minimum absolute atomic E-state index is 0.165. The first-order valence-corrected chi connectivity index (χ1v) is 41.5. The van der Waals surface area contributed by atoms with Gasteiger partial charge in [0.1, 0.15) is 0 Å². The number of unbranched alkanes of at least 4 members (excludes halogenated alkanes) is 2. The van der Waals surface area contributed by atoms with Crippen LogP contribution >= 0.6 is 0 Å². The van der Waals surface area contributed by atoms with Crippen LogP contribution in [0.1, 0.15) is 284 Å². The quantitative estimate of drug-likeness (QED) is 0.109. The number of H-pyrrole nitrogens is 4. The van der Waals surface area contributed by atoms with Crippen LogP contribution in [0.2, 0.25) is 0 Å². The first-order valence-electron chi connectivity index (χ1n) is 41.5. The molecule has 0 spiro atoms. The van der Waals surface area contributed by atoms with Crippen LogP contribution in [-0.2, 0) is 56.2 Å². The molecule has 2 aliphatic heterocycles. The average molecular weight is 1480 g/mol. The Morgan fingerprint density at radius 2 is 0.527 bits per heavy atom. The molecule has 0 unspecified atom stereocenters. The van der Waals surface area contributed by atoms with Gasteiger partial charge in [0, 0.05) is 98.8 Å². The Bertz CT molecular complexity index is 5940. The SMILES string of the molecule is CCCCc1c2nc(c(-c3cc(C(C)(C)C)cc(C(C)(C)C)c3)c3cc4c5cc6[nH]c5c5c7nc(cc7c7cc(nc7c5c4[nH]3)c(-c3cc(C(C)(C)C)cc(C(C)(C)C)c3)c3ccc1[nH]3)c(-c1cc(C(C)(C)C)cc(C(C)(C)C)c1)c1ccc([nH]1)c(CCCC)c1nc(c6-c3cc(C(C)(C)C)cc(C(C)(C)C)c3)C=C1)C=C2. The maximum absolute atomic E-state index is 6.34. The Kier molecular flexibility index (Phi) is 17.9. The first kappa shape index (κ1) is 76.1. The van der Waals surface area contributed by atoms with Crippen molar-refractivity contribution in [2.75, 3.05) is 0 Å². The van der Waals surface area contributed by atoms with Crippen LogP contribution in [-0.4, -0.2) is 39.9 Å². The molecule has 574 valence electrons. The van der Waals surface area contributed by atoms with Crippen LogP contribution in [0, 0.1) is 0 Å². The molecule has 112 heavy (non-hydrogen) atoms. The topological polar surface area (TPSA) is 115 Å². The van der Waals surface area contributed by atoms with Crippen molar-refractivity contribution >= 4 is 123 Å². The molecule has 6 aromatic carbocycles. The van der Waals surface area contributed by atoms with E-state index in [0.717, 1.165) is 204 Å². The molecule has 8 heteroatoms. The third-order valence-corrected chi connectivity index (χ3v) is 24.4. The fourth-order valence-electron chi connectivity index (χ4n) is 17.2. The van der Waals surface area contributed by atoms with Crippen LogP contribution < -0.4 is 0 Å². The van der Waals surface area contributed by atoms with Gasteiger partial charge in [-0.1, -0.05) is 266 Å². The van der Waals surface area contributed by atoms with E-state index in [1.165, 1.54) is 55.6 Å². The fraction of sp³-hybridized carbons (Fsp3) is 0.385. The highest BCUT2D eigenvalue weighted by Gasteiger charge is 2.32. The van der Waals surface area contributed by atoms with E-state index in [9.17, 15) is 0 Å². The minimum Gasteiger partial charge on any atom is -0.355 e. The predicted octanol–water partition coefficient (Wildman–Crippen LogP) is 29.3. The zero-order valence-electron chi connectivity index (χ0n) is 71.9. The summed E-state index contributed by atoms with van der Waals surface area (Å²) in [4.78, 5) is 41.8. The lowest BCUT2D eigenvalue weighted by Crippen LogP contribution is -2.16. The maximum Gasteiger partial charge on any atom is 0.0818 e. The summed E-state index contributed by atoms with van der Waals surface area (Å²) in [6, 6.07) is 48.4. The van der Waals surface area contributed by atoms with Gasteiger partial charge in [-0.05, 0) is 209 Å². The molecule has 0 saturated heterocycles. The van der Waals surface area contributed by atoms with E-state index >= 15 is 0 Å². The highest BCUT2D eigenvalue weighted by Crippen LogP contribution is 2.51. The molecule has 16 rings (SSSR count). The minimum atomic E-state index is -0.165. The smallest absolute Gasteiger partial charge is 0.0818 e. The van der Waals surface area contributed by atoms with Crippen LogP contribution in [0.5, 0.6) is 0 Å². The number of nitrogens with one attached hydrogen (secondary N) is 4. The fourth-order valence-corrected chi connectivity index (χ4v) is 17.2. The van der Waals surface area contributed by atoms with Gasteiger partial charge in [-0.3, -0.25) is 0 Å². The molecule has 2 aliphatic rings. The standard InChI is InChI=1S/C104H118N8/c1-27-29-31-69-75-33-37-79(105-75)87(57-41-61(97(3,4)5)49-62(42-57)98(6,7)8)83-53-71-73-55-85-89(59-45-65(101(15,16)17)51-66(46-59)102(18,19)20)81-39-35-77(107-81)70(32-30-28-2)78-36-40-82(108-78)90(60-47-67(103(21,22)23)52-68(48-60)104(24,25)26)86-56-74-72-54-84(110-94(72)91(93(71)109-83)92(95(73)111-85)96(74)112-86)88(80-38-34-76(69)106-80)58-43-63(99(9,10)11)50-64(44-58)100(12,13)14/h33-56,105,107,110,112H,27-32H2,1-26H3. The van der Waals surface area contributed by atoms with Gasteiger partial charge in [0.05, 0.1) is 55.9 Å². The van der Waals surface area contributed by atoms with E-state index in [0.29, 0.717) is 0 Å². The van der Waals surface area contributed by atoms with Gasteiger partial charge >= 0.3 is 0 Å². The van der Waals surface area contributed by atoms with Gasteiger partial charge in [0.2, 0.25) is 0 Å². The summed E-state index contributed by atoms with van der Waals surface area (Å²) in [6.07, 6.45) is 14.9. The van der Waals surface area contributed by atoms with Crippen molar-refractivity contribution in [2.24, 2.45) is 0 Å². The van der Waals surface area contributed by atoms with Crippen molar-refractivity contribution in [1.82, 2.24) is 39.9 Å². The van der Waals surface area contributed by atoms with Crippen molar-refractivity contribution in [2.45, 2.75) is 262 Å². The van der Waals surface area contributed by atoms with E-state index in [1.54, 1.807) is 0 Å². The molecule has 0 aliphatic carbocycles. The zero-order valence-corrected chi connectivity index (χ0v) is 71.9. The van der Waals surface area contributed by atoms with Crippen LogP contribution in [0.4, 0.5) is 0 Å². The average Bonchev–Trinajstić information content (AvgIpc) is 1.53. The van der Waals surface area contributed by atoms with Crippen LogP contribution in [0.25, 0.3) is 167 Å². The number of fused-ring (bicyclic) bond motifs is 14. The number of hydrogen-bond acceptors (Lipinski definition) is 4. The van der Waals surface area contributed by atoms with E-state index < -0.39 is 0 Å². The molecular weight excluding hydrogens is 1360 g/mol. The molecule has 0 fully saturated rings. The molecule has 16 bridgehead atoms. The van der Waals surface area contributed by atoms with Crippen molar-refractivity contribution in [3.63, 3.8) is 0 Å². The van der Waals surface area contributed by atoms with Crippen molar-refractivity contribution in [3.8, 4) is 44.5 Å². The van der Waals surface area contributed by atoms with Gasteiger partial charge in [-0.25, -0.2) is 19.9 Å². The number of hydrogen-bond donors (Lipinski definition) is 4. The molecule has 4 N–H and O–H groups in total. The predicted molar refractivity (Wildman–Crippen MR) is 485 cm³/mol. The molecule has 14 aromatic rings.